The molecule has 1 unspecified atom stereocenters. The van der Waals surface area contributed by atoms with Crippen molar-refractivity contribution in [3.63, 3.8) is 0 Å². The summed E-state index contributed by atoms with van der Waals surface area (Å²) in [6.45, 7) is 0.843. The Morgan fingerprint density at radius 1 is 1.35 bits per heavy atom. The smallest absolute Gasteiger partial charge is 0.307 e. The number of ether oxygens (including phenoxy) is 1. The maximum absolute atomic E-state index is 12.9. The Labute approximate surface area is 155 Å². The molecule has 0 spiro atoms. The molecule has 2 heterocycles. The van der Waals surface area contributed by atoms with E-state index in [1.54, 1.807) is 18.2 Å². The van der Waals surface area contributed by atoms with E-state index >= 15 is 0 Å². The van der Waals surface area contributed by atoms with Gasteiger partial charge in [0.05, 0.1) is 29.7 Å². The molecular formula is C18H21N3O4S. The summed E-state index contributed by atoms with van der Waals surface area (Å²) in [5.74, 6) is -0.428. The number of carbonyl (C=O) groups is 2. The highest BCUT2D eigenvalue weighted by atomic mass is 32.2. The number of methoxy groups -OCH3 is 1. The van der Waals surface area contributed by atoms with Crippen molar-refractivity contribution < 1.29 is 14.3 Å². The molecule has 1 atom stereocenters. The minimum atomic E-state index is -0.395. The molecule has 1 aliphatic rings. The Balaban J connectivity index is 1.99. The second-order valence-electron chi connectivity index (χ2n) is 6.09. The molecule has 1 fully saturated rings. The van der Waals surface area contributed by atoms with Gasteiger partial charge < -0.3 is 10.1 Å². The van der Waals surface area contributed by atoms with Crippen LogP contribution < -0.4 is 10.9 Å². The third-order valence-electron chi connectivity index (χ3n) is 4.33. The van der Waals surface area contributed by atoms with Crippen molar-refractivity contribution in [3.05, 3.63) is 34.6 Å². The molecule has 7 nitrogen and oxygen atoms in total. The number of hydrogen-bond acceptors (Lipinski definition) is 6. The van der Waals surface area contributed by atoms with Crippen LogP contribution in [-0.2, 0) is 20.9 Å². The van der Waals surface area contributed by atoms with Gasteiger partial charge in [0.25, 0.3) is 5.56 Å². The van der Waals surface area contributed by atoms with Crippen molar-refractivity contribution in [3.8, 4) is 0 Å². The van der Waals surface area contributed by atoms with Crippen LogP contribution in [0, 0.1) is 0 Å². The van der Waals surface area contributed by atoms with Gasteiger partial charge in [-0.1, -0.05) is 30.3 Å². The number of amides is 1. The normalized spacial score (nSPS) is 17.6. The predicted molar refractivity (Wildman–Crippen MR) is 99.1 cm³/mol. The van der Waals surface area contributed by atoms with Gasteiger partial charge in [-0.05, 0) is 25.0 Å². The van der Waals surface area contributed by atoms with E-state index in [4.69, 9.17) is 0 Å². The minimum Gasteiger partial charge on any atom is -0.469 e. The van der Waals surface area contributed by atoms with Crippen LogP contribution in [0.25, 0.3) is 10.9 Å². The fraction of sp³-hybridized carbons (Fsp3) is 0.444. The topological polar surface area (TPSA) is 90.3 Å². The SMILES string of the molecule is COC(=O)CCn1c(SC2CCCCNC2=O)nc2ccccc2c1=O. The zero-order valence-electron chi connectivity index (χ0n) is 14.6. The van der Waals surface area contributed by atoms with E-state index in [1.165, 1.54) is 23.4 Å². The number of para-hydroxylation sites is 1. The zero-order valence-corrected chi connectivity index (χ0v) is 15.4. The van der Waals surface area contributed by atoms with E-state index in [2.05, 4.69) is 15.0 Å². The standard InChI is InChI=1S/C18H21N3O4S/c1-25-15(22)9-11-21-17(24)12-6-2-3-7-13(12)20-18(21)26-14-8-4-5-10-19-16(14)23/h2-3,6-7,14H,4-5,8-11H2,1H3,(H,19,23). The number of nitrogens with one attached hydrogen (secondary N) is 1. The lowest BCUT2D eigenvalue weighted by Crippen LogP contribution is -2.32. The van der Waals surface area contributed by atoms with E-state index in [9.17, 15) is 14.4 Å². The number of rotatable bonds is 5. The van der Waals surface area contributed by atoms with Crippen molar-refractivity contribution >= 4 is 34.5 Å². The summed E-state index contributed by atoms with van der Waals surface area (Å²) >= 11 is 1.29. The quantitative estimate of drug-likeness (QED) is 0.632. The van der Waals surface area contributed by atoms with Gasteiger partial charge in [-0.2, -0.15) is 0 Å². The van der Waals surface area contributed by atoms with Crippen molar-refractivity contribution in [1.82, 2.24) is 14.9 Å². The van der Waals surface area contributed by atoms with Gasteiger partial charge in [0.2, 0.25) is 5.91 Å². The number of esters is 1. The lowest BCUT2D eigenvalue weighted by Gasteiger charge is -2.17. The largest absolute Gasteiger partial charge is 0.469 e. The summed E-state index contributed by atoms with van der Waals surface area (Å²) in [4.78, 5) is 41.3. The van der Waals surface area contributed by atoms with Gasteiger partial charge in [0.1, 0.15) is 0 Å². The average Bonchev–Trinajstić information content (AvgIpc) is 2.85. The lowest BCUT2D eigenvalue weighted by atomic mass is 10.2. The molecule has 2 aromatic rings. The van der Waals surface area contributed by atoms with E-state index in [0.717, 1.165) is 19.3 Å². The number of nitrogens with zero attached hydrogens (tertiary/aromatic N) is 2. The maximum Gasteiger partial charge on any atom is 0.307 e. The molecule has 1 N–H and O–H groups in total. The molecular weight excluding hydrogens is 354 g/mol. The zero-order chi connectivity index (χ0) is 18.5. The molecule has 0 saturated carbocycles. The first-order chi connectivity index (χ1) is 12.6. The van der Waals surface area contributed by atoms with Gasteiger partial charge in [-0.3, -0.25) is 19.0 Å². The summed E-state index contributed by atoms with van der Waals surface area (Å²) < 4.78 is 6.15. The van der Waals surface area contributed by atoms with Gasteiger partial charge in [-0.25, -0.2) is 4.98 Å². The molecule has 138 valence electrons. The molecule has 1 aromatic heterocycles. The fourth-order valence-corrected chi connectivity index (χ4v) is 4.07. The van der Waals surface area contributed by atoms with Crippen molar-refractivity contribution in [2.75, 3.05) is 13.7 Å². The van der Waals surface area contributed by atoms with Crippen molar-refractivity contribution in [2.45, 2.75) is 42.6 Å². The molecule has 1 saturated heterocycles. The van der Waals surface area contributed by atoms with Crippen LogP contribution in [0.1, 0.15) is 25.7 Å². The first-order valence-corrected chi connectivity index (χ1v) is 9.49. The second kappa shape index (κ2) is 8.35. The highest BCUT2D eigenvalue weighted by Crippen LogP contribution is 2.27. The van der Waals surface area contributed by atoms with Crippen LogP contribution in [0.4, 0.5) is 0 Å². The van der Waals surface area contributed by atoms with E-state index < -0.39 is 5.97 Å². The average molecular weight is 375 g/mol. The van der Waals surface area contributed by atoms with Gasteiger partial charge in [0.15, 0.2) is 5.16 Å². The van der Waals surface area contributed by atoms with E-state index in [-0.39, 0.29) is 29.7 Å². The Kier molecular flexibility index (Phi) is 5.92. The third-order valence-corrected chi connectivity index (χ3v) is 5.58. The summed E-state index contributed by atoms with van der Waals surface area (Å²) in [7, 11) is 1.31. The van der Waals surface area contributed by atoms with Crippen LogP contribution in [0.2, 0.25) is 0 Å². The Hall–Kier alpha value is -2.35. The summed E-state index contributed by atoms with van der Waals surface area (Å²) in [6, 6.07) is 7.09. The predicted octanol–water partition coefficient (Wildman–Crippen LogP) is 1.72. The number of aromatic nitrogens is 2. The minimum absolute atomic E-state index is 0.0329. The van der Waals surface area contributed by atoms with E-state index in [0.29, 0.717) is 22.6 Å². The number of carbonyl (C=O) groups excluding carboxylic acids is 2. The Morgan fingerprint density at radius 2 is 2.15 bits per heavy atom. The van der Waals surface area contributed by atoms with Crippen LogP contribution in [-0.4, -0.2) is 40.3 Å². The first-order valence-electron chi connectivity index (χ1n) is 8.61. The summed E-state index contributed by atoms with van der Waals surface area (Å²) in [5.41, 5.74) is 0.374. The molecule has 26 heavy (non-hydrogen) atoms. The summed E-state index contributed by atoms with van der Waals surface area (Å²) in [5, 5.41) is 3.55. The first kappa shape index (κ1) is 18.4. The number of hydrogen-bond donors (Lipinski definition) is 1. The lowest BCUT2D eigenvalue weighted by molar-refractivity contribution is -0.140. The molecule has 0 bridgehead atoms. The monoisotopic (exact) mass is 375 g/mol. The van der Waals surface area contributed by atoms with Crippen LogP contribution in [0.5, 0.6) is 0 Å². The van der Waals surface area contributed by atoms with Crippen LogP contribution >= 0.6 is 11.8 Å². The number of thioether (sulfide) groups is 1. The molecule has 1 aliphatic heterocycles. The molecule has 3 rings (SSSR count). The highest BCUT2D eigenvalue weighted by Gasteiger charge is 2.24. The molecule has 1 aromatic carbocycles. The fourth-order valence-electron chi connectivity index (χ4n) is 2.89. The maximum atomic E-state index is 12.9. The Bertz CT molecular complexity index is 880. The van der Waals surface area contributed by atoms with Gasteiger partial charge >= 0.3 is 5.97 Å². The number of benzene rings is 1. The number of fused-ring (bicyclic) bond motifs is 1. The van der Waals surface area contributed by atoms with Crippen LogP contribution in [0.3, 0.4) is 0 Å². The van der Waals surface area contributed by atoms with Gasteiger partial charge in [0, 0.05) is 13.1 Å². The molecule has 0 aliphatic carbocycles. The highest BCUT2D eigenvalue weighted by molar-refractivity contribution is 8.00. The van der Waals surface area contributed by atoms with Crippen molar-refractivity contribution in [1.29, 1.82) is 0 Å². The van der Waals surface area contributed by atoms with Crippen molar-refractivity contribution in [2.24, 2.45) is 0 Å². The summed E-state index contributed by atoms with van der Waals surface area (Å²) in [6.07, 6.45) is 2.69. The second-order valence-corrected chi connectivity index (χ2v) is 7.26. The molecule has 1 amide bonds. The van der Waals surface area contributed by atoms with Crippen LogP contribution in [0.15, 0.2) is 34.2 Å². The third kappa shape index (κ3) is 4.07. The van der Waals surface area contributed by atoms with Gasteiger partial charge in [-0.15, -0.1) is 0 Å². The molecule has 0 radical (unpaired) electrons. The molecule has 8 heteroatoms. The van der Waals surface area contributed by atoms with E-state index in [1.807, 2.05) is 6.07 Å². The Morgan fingerprint density at radius 3 is 2.96 bits per heavy atom.